The van der Waals surface area contributed by atoms with Gasteiger partial charge in [0.15, 0.2) is 5.82 Å². The maximum absolute atomic E-state index is 13.1. The number of nitrogens with zero attached hydrogens (tertiary/aromatic N) is 7. The molecule has 1 spiro atoms. The van der Waals surface area contributed by atoms with Gasteiger partial charge in [-0.3, -0.25) is 4.79 Å². The first-order chi connectivity index (χ1) is 16.8. The summed E-state index contributed by atoms with van der Waals surface area (Å²) in [6.45, 7) is 2.00. The minimum absolute atomic E-state index is 0.114. The van der Waals surface area contributed by atoms with E-state index in [4.69, 9.17) is 4.74 Å². The fraction of sp³-hybridized carbons (Fsp3) is 0.435. The van der Waals surface area contributed by atoms with Crippen LogP contribution in [-0.2, 0) is 4.79 Å². The van der Waals surface area contributed by atoms with Crippen LogP contribution >= 0.6 is 0 Å². The lowest BCUT2D eigenvalue weighted by molar-refractivity contribution is -0.131. The number of rotatable bonds is 6. The van der Waals surface area contributed by atoms with E-state index < -0.39 is 6.55 Å². The molecule has 0 radical (unpaired) electrons. The molecule has 5 rings (SSSR count). The van der Waals surface area contributed by atoms with Gasteiger partial charge in [-0.15, -0.1) is 0 Å². The molecular formula is C23H26F2N8O2. The third-order valence-electron chi connectivity index (χ3n) is 6.64. The van der Waals surface area contributed by atoms with Gasteiger partial charge in [0.25, 0.3) is 0 Å². The minimum Gasteiger partial charge on any atom is -0.497 e. The molecule has 2 fully saturated rings. The highest BCUT2D eigenvalue weighted by Gasteiger charge is 2.45. The molecule has 2 aliphatic rings. The number of piperidine rings is 1. The van der Waals surface area contributed by atoms with Crippen LogP contribution in [0.5, 0.6) is 5.75 Å². The van der Waals surface area contributed by atoms with Crippen LogP contribution in [0.2, 0.25) is 0 Å². The van der Waals surface area contributed by atoms with Crippen molar-refractivity contribution in [2.45, 2.75) is 26.3 Å². The van der Waals surface area contributed by atoms with E-state index in [1.807, 2.05) is 11.0 Å². The highest BCUT2D eigenvalue weighted by molar-refractivity contribution is 5.73. The molecule has 184 valence electrons. The lowest BCUT2D eigenvalue weighted by Crippen LogP contribution is -2.61. The summed E-state index contributed by atoms with van der Waals surface area (Å²) in [4.78, 5) is 29.2. The van der Waals surface area contributed by atoms with Gasteiger partial charge in [0, 0.05) is 63.0 Å². The normalized spacial score (nSPS) is 16.9. The lowest BCUT2D eigenvalue weighted by Gasteiger charge is -2.54. The van der Waals surface area contributed by atoms with Gasteiger partial charge in [0.05, 0.1) is 18.9 Å². The van der Waals surface area contributed by atoms with Gasteiger partial charge < -0.3 is 19.9 Å². The van der Waals surface area contributed by atoms with E-state index in [1.54, 1.807) is 32.4 Å². The number of alkyl halides is 2. The van der Waals surface area contributed by atoms with Crippen molar-refractivity contribution in [3.63, 3.8) is 0 Å². The number of nitrogens with one attached hydrogen (secondary N) is 1. The van der Waals surface area contributed by atoms with Gasteiger partial charge >= 0.3 is 6.55 Å². The van der Waals surface area contributed by atoms with Gasteiger partial charge in [0.2, 0.25) is 5.91 Å². The Morgan fingerprint density at radius 2 is 1.94 bits per heavy atom. The van der Waals surface area contributed by atoms with E-state index in [2.05, 4.69) is 30.3 Å². The van der Waals surface area contributed by atoms with E-state index in [0.29, 0.717) is 33.4 Å². The number of ether oxygens (including phenoxy) is 1. The largest absolute Gasteiger partial charge is 0.497 e. The van der Waals surface area contributed by atoms with Crippen molar-refractivity contribution >= 4 is 23.4 Å². The molecule has 5 heterocycles. The van der Waals surface area contributed by atoms with Crippen molar-refractivity contribution in [3.8, 4) is 17.1 Å². The third-order valence-corrected chi connectivity index (χ3v) is 6.64. The summed E-state index contributed by atoms with van der Waals surface area (Å²) in [7, 11) is 1.57. The second kappa shape index (κ2) is 9.08. The number of likely N-dealkylation sites (tertiary alicyclic amines) is 1. The van der Waals surface area contributed by atoms with Crippen LogP contribution in [0.4, 0.5) is 26.2 Å². The van der Waals surface area contributed by atoms with Crippen molar-refractivity contribution in [2.75, 3.05) is 43.5 Å². The number of amides is 1. The maximum Gasteiger partial charge on any atom is 0.333 e. The number of carbonyl (C=O) groups is 1. The fourth-order valence-corrected chi connectivity index (χ4v) is 4.63. The Hall–Kier alpha value is -3.83. The van der Waals surface area contributed by atoms with Crippen LogP contribution < -0.4 is 15.0 Å². The van der Waals surface area contributed by atoms with Crippen LogP contribution in [0.1, 0.15) is 26.3 Å². The summed E-state index contributed by atoms with van der Waals surface area (Å²) in [5.74, 6) is 2.72. The molecule has 1 N–H and O–H groups in total. The number of carbonyl (C=O) groups excluding carboxylic acids is 1. The van der Waals surface area contributed by atoms with Crippen molar-refractivity contribution < 1.29 is 18.3 Å². The molecule has 10 nitrogen and oxygen atoms in total. The van der Waals surface area contributed by atoms with Crippen molar-refractivity contribution in [1.82, 2.24) is 29.6 Å². The van der Waals surface area contributed by atoms with E-state index in [1.165, 1.54) is 12.4 Å². The van der Waals surface area contributed by atoms with E-state index in [-0.39, 0.29) is 17.1 Å². The van der Waals surface area contributed by atoms with Crippen LogP contribution in [0, 0.1) is 5.41 Å². The summed E-state index contributed by atoms with van der Waals surface area (Å²) in [5, 5.41) is 6.88. The second-order valence-corrected chi connectivity index (χ2v) is 8.99. The molecule has 0 atom stereocenters. The quantitative estimate of drug-likeness (QED) is 0.569. The van der Waals surface area contributed by atoms with Gasteiger partial charge in [-0.1, -0.05) is 0 Å². The Kier molecular flexibility index (Phi) is 5.95. The van der Waals surface area contributed by atoms with Crippen LogP contribution in [0.15, 0.2) is 36.8 Å². The van der Waals surface area contributed by atoms with Crippen LogP contribution in [0.3, 0.4) is 0 Å². The maximum atomic E-state index is 13.1. The number of pyridine rings is 1. The second-order valence-electron chi connectivity index (χ2n) is 8.99. The molecule has 1 amide bonds. The minimum atomic E-state index is -2.75. The zero-order valence-corrected chi connectivity index (χ0v) is 19.5. The SMILES string of the molecule is COc1ccnc(Nc2cc(N3CC4(CCN(C(C)=O)CC4)C3)nc(-c3cnn(C(F)F)c3)n2)c1. The summed E-state index contributed by atoms with van der Waals surface area (Å²) in [6, 6.07) is 5.29. The Bertz CT molecular complexity index is 1220. The number of aromatic nitrogens is 5. The topological polar surface area (TPSA) is 101 Å². The number of hydrogen-bond donors (Lipinski definition) is 1. The van der Waals surface area contributed by atoms with Gasteiger partial charge in [-0.25, -0.2) is 19.6 Å². The highest BCUT2D eigenvalue weighted by atomic mass is 19.3. The molecule has 35 heavy (non-hydrogen) atoms. The molecule has 2 saturated heterocycles. The third kappa shape index (κ3) is 4.73. The lowest BCUT2D eigenvalue weighted by atomic mass is 9.72. The first-order valence-corrected chi connectivity index (χ1v) is 11.3. The molecule has 0 bridgehead atoms. The molecular weight excluding hydrogens is 458 g/mol. The Morgan fingerprint density at radius 1 is 1.17 bits per heavy atom. The molecule has 12 heteroatoms. The average Bonchev–Trinajstić information content (AvgIpc) is 3.33. The molecule has 3 aromatic heterocycles. The van der Waals surface area contributed by atoms with E-state index in [9.17, 15) is 13.6 Å². The molecule has 0 saturated carbocycles. The van der Waals surface area contributed by atoms with E-state index >= 15 is 0 Å². The summed E-state index contributed by atoms with van der Waals surface area (Å²) in [5.41, 5.74) is 0.540. The number of halogens is 2. The fourth-order valence-electron chi connectivity index (χ4n) is 4.63. The van der Waals surface area contributed by atoms with Crippen molar-refractivity contribution in [3.05, 3.63) is 36.8 Å². The Labute approximate surface area is 200 Å². The van der Waals surface area contributed by atoms with Crippen LogP contribution in [-0.4, -0.2) is 68.8 Å². The standard InChI is InChI=1S/C23H26F2N8O2/c1-15(34)31-7-4-23(5-8-31)13-32(14-23)20-10-19(28-18-9-17(35-2)3-6-26-18)29-21(30-20)16-11-27-33(12-16)22(24)25/h3,6,9-12,22H,4-5,7-8,13-14H2,1-2H3,(H,26,28,29,30). The van der Waals surface area contributed by atoms with Gasteiger partial charge in [0.1, 0.15) is 23.2 Å². The molecule has 0 aliphatic carbocycles. The highest BCUT2D eigenvalue weighted by Crippen LogP contribution is 2.42. The number of methoxy groups -OCH3 is 1. The predicted molar refractivity (Wildman–Crippen MR) is 125 cm³/mol. The Morgan fingerprint density at radius 3 is 2.60 bits per heavy atom. The van der Waals surface area contributed by atoms with Crippen molar-refractivity contribution in [1.29, 1.82) is 0 Å². The first kappa shape index (κ1) is 22.9. The molecule has 3 aromatic rings. The number of anilines is 3. The summed E-state index contributed by atoms with van der Waals surface area (Å²) in [6.07, 6.45) is 6.06. The summed E-state index contributed by atoms with van der Waals surface area (Å²) >= 11 is 0. The zero-order chi connectivity index (χ0) is 24.6. The first-order valence-electron chi connectivity index (χ1n) is 11.3. The van der Waals surface area contributed by atoms with Crippen molar-refractivity contribution in [2.24, 2.45) is 5.41 Å². The number of hydrogen-bond acceptors (Lipinski definition) is 8. The smallest absolute Gasteiger partial charge is 0.333 e. The molecule has 0 aromatic carbocycles. The zero-order valence-electron chi connectivity index (χ0n) is 19.5. The van der Waals surface area contributed by atoms with Gasteiger partial charge in [-0.05, 0) is 18.9 Å². The molecule has 2 aliphatic heterocycles. The van der Waals surface area contributed by atoms with Crippen LogP contribution in [0.25, 0.3) is 11.4 Å². The van der Waals surface area contributed by atoms with E-state index in [0.717, 1.165) is 39.0 Å². The van der Waals surface area contributed by atoms with Gasteiger partial charge in [-0.2, -0.15) is 13.9 Å². The predicted octanol–water partition coefficient (Wildman–Crippen LogP) is 3.33. The summed E-state index contributed by atoms with van der Waals surface area (Å²) < 4.78 is 32.0. The monoisotopic (exact) mass is 484 g/mol. The average molecular weight is 485 g/mol. The Balaban J connectivity index is 1.40. The molecule has 0 unspecified atom stereocenters.